The molecule has 0 bridgehead atoms. The predicted molar refractivity (Wildman–Crippen MR) is 209 cm³/mol. The first-order valence-electron chi connectivity index (χ1n) is 17.5. The van der Waals surface area contributed by atoms with E-state index in [0.717, 1.165) is 17.1 Å². The van der Waals surface area contributed by atoms with Gasteiger partial charge in [0.05, 0.1) is 40.5 Å². The number of fused-ring (bicyclic) bond motifs is 9. The van der Waals surface area contributed by atoms with E-state index in [2.05, 4.69) is 179 Å². The lowest BCUT2D eigenvalue weighted by molar-refractivity contribution is 0.535. The van der Waals surface area contributed by atoms with Gasteiger partial charge in [0.1, 0.15) is 0 Å². The molecule has 0 fully saturated rings. The van der Waals surface area contributed by atoms with Crippen molar-refractivity contribution >= 4 is 40.2 Å². The minimum absolute atomic E-state index is 0.109. The maximum absolute atomic E-state index is 9.79. The first-order chi connectivity index (χ1) is 24.6. The van der Waals surface area contributed by atoms with Gasteiger partial charge in [-0.1, -0.05) is 97.2 Å². The fourth-order valence-electron chi connectivity index (χ4n) is 9.37. The molecule has 1 N–H and O–H groups in total. The number of allylic oxidation sites excluding steroid dienone is 7. The molecule has 3 aliphatic heterocycles. The highest BCUT2D eigenvalue weighted by molar-refractivity contribution is 8.04. The van der Waals surface area contributed by atoms with E-state index in [9.17, 15) is 5.26 Å². The second-order valence-corrected chi connectivity index (χ2v) is 15.3. The summed E-state index contributed by atoms with van der Waals surface area (Å²) in [5.41, 5.74) is 12.8. The Morgan fingerprint density at radius 3 is 2.42 bits per heavy atom. The average Bonchev–Trinajstić information content (AvgIpc) is 3.80. The lowest BCUT2D eigenvalue weighted by Gasteiger charge is -2.39. The Morgan fingerprint density at radius 1 is 0.780 bits per heavy atom. The normalized spacial score (nSPS) is 27.4. The van der Waals surface area contributed by atoms with E-state index in [1.165, 1.54) is 44.1 Å². The molecule has 4 aromatic carbocycles. The van der Waals surface area contributed by atoms with Gasteiger partial charge < -0.3 is 15.1 Å². The van der Waals surface area contributed by atoms with Crippen LogP contribution in [-0.4, -0.2) is 24.4 Å². The molecule has 0 spiro atoms. The zero-order valence-electron chi connectivity index (χ0n) is 28.0. The summed E-state index contributed by atoms with van der Waals surface area (Å²) in [6.07, 6.45) is 23.0. The van der Waals surface area contributed by atoms with Crippen LogP contribution >= 0.6 is 11.8 Å². The van der Waals surface area contributed by atoms with Gasteiger partial charge in [-0.15, -0.1) is 11.8 Å². The molecule has 0 saturated heterocycles. The lowest BCUT2D eigenvalue weighted by atomic mass is 9.71. The van der Waals surface area contributed by atoms with Crippen LogP contribution in [0.4, 0.5) is 28.4 Å². The van der Waals surface area contributed by atoms with E-state index in [-0.39, 0.29) is 23.4 Å². The highest BCUT2D eigenvalue weighted by atomic mass is 32.2. The smallest absolute Gasteiger partial charge is 0.0991 e. The zero-order chi connectivity index (χ0) is 33.6. The van der Waals surface area contributed by atoms with Gasteiger partial charge in [0.25, 0.3) is 0 Å². The Labute approximate surface area is 298 Å². The molecule has 10 rings (SSSR count). The van der Waals surface area contributed by atoms with Crippen LogP contribution in [0, 0.1) is 17.2 Å². The lowest BCUT2D eigenvalue weighted by Crippen LogP contribution is -2.42. The van der Waals surface area contributed by atoms with Gasteiger partial charge in [-0.2, -0.15) is 5.26 Å². The van der Waals surface area contributed by atoms with Crippen molar-refractivity contribution in [2.75, 3.05) is 22.2 Å². The third kappa shape index (κ3) is 4.00. The summed E-state index contributed by atoms with van der Waals surface area (Å²) < 4.78 is 0. The average molecular weight is 665 g/mol. The Morgan fingerprint density at radius 2 is 1.58 bits per heavy atom. The van der Waals surface area contributed by atoms with E-state index >= 15 is 0 Å². The largest absolute Gasteiger partial charge is 0.386 e. The molecule has 3 heterocycles. The number of para-hydroxylation sites is 2. The minimum atomic E-state index is -0.217. The number of rotatable bonds is 4. The number of hydrogen-bond acceptors (Lipinski definition) is 5. The molecule has 0 amide bonds. The third-order valence-electron chi connectivity index (χ3n) is 11.6. The molecule has 6 atom stereocenters. The van der Waals surface area contributed by atoms with Crippen LogP contribution in [0.3, 0.4) is 0 Å². The number of hydrogen-bond donors (Lipinski definition) is 1. The Bertz CT molecular complexity index is 2320. The number of nitriles is 1. The van der Waals surface area contributed by atoms with E-state index in [1.54, 1.807) is 0 Å². The van der Waals surface area contributed by atoms with Crippen LogP contribution in [0.2, 0.25) is 0 Å². The number of thioether (sulfide) groups is 1. The fraction of sp³-hybridized carbons (Fsp3) is 0.178. The summed E-state index contributed by atoms with van der Waals surface area (Å²) in [5.74, 6) is 0.582. The molecular formula is C45H36N4S. The second-order valence-electron chi connectivity index (χ2n) is 14.1. The molecule has 242 valence electrons. The third-order valence-corrected chi connectivity index (χ3v) is 13.3. The maximum atomic E-state index is 9.79. The highest BCUT2D eigenvalue weighted by Crippen LogP contribution is 2.63. The van der Waals surface area contributed by atoms with Gasteiger partial charge in [0.15, 0.2) is 0 Å². The molecule has 6 aliphatic rings. The summed E-state index contributed by atoms with van der Waals surface area (Å²) in [4.78, 5) is 6.56. The molecule has 0 saturated carbocycles. The van der Waals surface area contributed by atoms with Crippen molar-refractivity contribution in [3.63, 3.8) is 0 Å². The van der Waals surface area contributed by atoms with Gasteiger partial charge in [-0.3, -0.25) is 0 Å². The van der Waals surface area contributed by atoms with Crippen molar-refractivity contribution in [1.29, 1.82) is 5.26 Å². The van der Waals surface area contributed by atoms with Crippen molar-refractivity contribution in [1.82, 2.24) is 0 Å². The molecule has 4 nitrogen and oxygen atoms in total. The van der Waals surface area contributed by atoms with Crippen LogP contribution in [0.25, 0.3) is 11.1 Å². The van der Waals surface area contributed by atoms with Crippen molar-refractivity contribution in [3.05, 3.63) is 173 Å². The van der Waals surface area contributed by atoms with Gasteiger partial charge >= 0.3 is 0 Å². The summed E-state index contributed by atoms with van der Waals surface area (Å²) in [6.45, 7) is 2.48. The van der Waals surface area contributed by atoms with Crippen molar-refractivity contribution < 1.29 is 0 Å². The number of benzene rings is 4. The van der Waals surface area contributed by atoms with Gasteiger partial charge in [0, 0.05) is 51.7 Å². The van der Waals surface area contributed by atoms with Crippen molar-refractivity contribution in [3.8, 4) is 17.2 Å². The second kappa shape index (κ2) is 11.0. The standard InChI is InChI=1S/C45H36N4S/c1-45-36-26-29(31-15-10-16-37(47-2)43(31)49-38-17-8-6-13-32(38)35-25-28(27-46)19-22-39(35)49)20-23-40(36)48(30-11-4-3-5-12-30)42(45)24-21-34-33-14-7-9-18-41(33)50-44(34)45/h3-26,32-33,38,41-42,47H,1-2H3. The van der Waals surface area contributed by atoms with Crippen LogP contribution in [0.1, 0.15) is 29.5 Å². The van der Waals surface area contributed by atoms with Crippen molar-refractivity contribution in [2.45, 2.75) is 35.6 Å². The topological polar surface area (TPSA) is 42.3 Å². The van der Waals surface area contributed by atoms with E-state index in [4.69, 9.17) is 0 Å². The molecule has 4 aromatic rings. The van der Waals surface area contributed by atoms with Gasteiger partial charge in [-0.25, -0.2) is 0 Å². The molecule has 3 aliphatic carbocycles. The quantitative estimate of drug-likeness (QED) is 0.235. The summed E-state index contributed by atoms with van der Waals surface area (Å²) in [6, 6.07) is 33.5. The molecule has 0 radical (unpaired) electrons. The first kappa shape index (κ1) is 29.5. The van der Waals surface area contributed by atoms with Gasteiger partial charge in [0.2, 0.25) is 0 Å². The molecule has 50 heavy (non-hydrogen) atoms. The van der Waals surface area contributed by atoms with Crippen LogP contribution in [0.5, 0.6) is 0 Å². The van der Waals surface area contributed by atoms with E-state index in [1.807, 2.05) is 13.1 Å². The molecule has 0 aromatic heterocycles. The predicted octanol–water partition coefficient (Wildman–Crippen LogP) is 10.5. The molecular weight excluding hydrogens is 629 g/mol. The summed E-state index contributed by atoms with van der Waals surface area (Å²) in [5, 5.41) is 13.8. The van der Waals surface area contributed by atoms with E-state index < -0.39 is 0 Å². The number of anilines is 5. The maximum Gasteiger partial charge on any atom is 0.0991 e. The van der Waals surface area contributed by atoms with Crippen LogP contribution < -0.4 is 15.1 Å². The number of nitrogens with one attached hydrogen (secondary N) is 1. The monoisotopic (exact) mass is 664 g/mol. The zero-order valence-corrected chi connectivity index (χ0v) is 28.8. The van der Waals surface area contributed by atoms with Crippen molar-refractivity contribution in [2.24, 2.45) is 5.92 Å². The first-order valence-corrected chi connectivity index (χ1v) is 18.4. The summed E-state index contributed by atoms with van der Waals surface area (Å²) in [7, 11) is 2.01. The Balaban J connectivity index is 1.18. The fourth-order valence-corrected chi connectivity index (χ4v) is 11.0. The van der Waals surface area contributed by atoms with Crippen LogP contribution in [-0.2, 0) is 5.41 Å². The highest BCUT2D eigenvalue weighted by Gasteiger charge is 2.55. The molecule has 6 unspecified atom stereocenters. The SMILES string of the molecule is CNc1cccc(-c2ccc3c(c2)C2(C)C4=C(C=CC2N3c2ccccc2)C2C=CC=CC2S4)c1N1c2ccc(C#N)cc2C2C=CC=CC21. The Hall–Kier alpha value is -5.44. The Kier molecular flexibility index (Phi) is 6.50. The molecule has 5 heteroatoms. The van der Waals surface area contributed by atoms with E-state index in [0.29, 0.717) is 16.7 Å². The number of nitrogens with zero attached hydrogens (tertiary/aromatic N) is 3. The summed E-state index contributed by atoms with van der Waals surface area (Å²) >= 11 is 2.06. The van der Waals surface area contributed by atoms with Crippen LogP contribution in [0.15, 0.2) is 156 Å². The minimum Gasteiger partial charge on any atom is -0.386 e. The van der Waals surface area contributed by atoms with Gasteiger partial charge in [-0.05, 0) is 77.7 Å².